The molecule has 5 heteroatoms. The molecule has 30 heavy (non-hydrogen) atoms. The van der Waals surface area contributed by atoms with Gasteiger partial charge in [-0.25, -0.2) is 9.59 Å². The van der Waals surface area contributed by atoms with E-state index in [0.29, 0.717) is 0 Å². The Morgan fingerprint density at radius 2 is 1.37 bits per heavy atom. The van der Waals surface area contributed by atoms with Crippen LogP contribution >= 0.6 is 0 Å². The van der Waals surface area contributed by atoms with Crippen LogP contribution in [0.2, 0.25) is 0 Å². The van der Waals surface area contributed by atoms with Crippen LogP contribution in [0.15, 0.2) is 84.9 Å². The molecule has 0 bridgehead atoms. The summed E-state index contributed by atoms with van der Waals surface area (Å²) in [6.45, 7) is 0.0772. The summed E-state index contributed by atoms with van der Waals surface area (Å²) in [7, 11) is 0. The predicted octanol–water partition coefficient (Wildman–Crippen LogP) is 4.01. The Balaban J connectivity index is 1.56. The fourth-order valence-corrected chi connectivity index (χ4v) is 2.73. The van der Waals surface area contributed by atoms with Gasteiger partial charge in [0.05, 0.1) is 0 Å². The Kier molecular flexibility index (Phi) is 7.23. The van der Waals surface area contributed by atoms with Crippen LogP contribution < -0.4 is 5.32 Å². The number of aliphatic carboxylic acids is 1. The maximum absolute atomic E-state index is 12.0. The zero-order valence-corrected chi connectivity index (χ0v) is 16.2. The normalized spacial score (nSPS) is 10.9. The van der Waals surface area contributed by atoms with Gasteiger partial charge in [0.25, 0.3) is 0 Å². The highest BCUT2D eigenvalue weighted by Crippen LogP contribution is 2.08. The smallest absolute Gasteiger partial charge is 0.408 e. The molecular formula is C25H21NO4. The lowest BCUT2D eigenvalue weighted by atomic mass is 10.0. The summed E-state index contributed by atoms with van der Waals surface area (Å²) >= 11 is 0. The van der Waals surface area contributed by atoms with E-state index in [1.807, 2.05) is 84.9 Å². The number of alkyl carbamates (subject to hydrolysis) is 1. The van der Waals surface area contributed by atoms with Crippen molar-refractivity contribution in [1.82, 2.24) is 5.32 Å². The van der Waals surface area contributed by atoms with Crippen molar-refractivity contribution >= 4 is 12.1 Å². The number of hydrogen-bond donors (Lipinski definition) is 2. The highest BCUT2D eigenvalue weighted by Gasteiger charge is 2.21. The minimum atomic E-state index is -1.13. The molecule has 0 spiro atoms. The molecule has 0 aliphatic carbocycles. The third-order valence-corrected chi connectivity index (χ3v) is 4.32. The number of hydrogen-bond acceptors (Lipinski definition) is 3. The molecule has 0 heterocycles. The van der Waals surface area contributed by atoms with Gasteiger partial charge in [-0.1, -0.05) is 72.5 Å². The van der Waals surface area contributed by atoms with Gasteiger partial charge in [-0.05, 0) is 35.4 Å². The van der Waals surface area contributed by atoms with Crippen molar-refractivity contribution in [1.29, 1.82) is 0 Å². The number of benzene rings is 3. The van der Waals surface area contributed by atoms with Crippen molar-refractivity contribution in [3.05, 3.63) is 107 Å². The molecule has 5 nitrogen and oxygen atoms in total. The minimum Gasteiger partial charge on any atom is -0.480 e. The van der Waals surface area contributed by atoms with Gasteiger partial charge in [-0.3, -0.25) is 0 Å². The number of carboxylic acid groups (broad SMARTS) is 1. The monoisotopic (exact) mass is 399 g/mol. The molecule has 0 radical (unpaired) electrons. The van der Waals surface area contributed by atoms with Gasteiger partial charge in [-0.2, -0.15) is 0 Å². The van der Waals surface area contributed by atoms with Crippen molar-refractivity contribution in [3.8, 4) is 11.8 Å². The molecule has 3 aromatic rings. The summed E-state index contributed by atoms with van der Waals surface area (Å²) in [6, 6.07) is 25.0. The molecule has 3 aromatic carbocycles. The van der Waals surface area contributed by atoms with Crippen LogP contribution in [0.1, 0.15) is 22.3 Å². The molecule has 0 saturated carbocycles. The molecule has 0 aliphatic heterocycles. The maximum atomic E-state index is 12.0. The Morgan fingerprint density at radius 3 is 1.97 bits per heavy atom. The molecule has 3 rings (SSSR count). The van der Waals surface area contributed by atoms with Crippen LogP contribution in [0.25, 0.3) is 0 Å². The van der Waals surface area contributed by atoms with E-state index in [2.05, 4.69) is 17.2 Å². The first kappa shape index (κ1) is 20.7. The summed E-state index contributed by atoms with van der Waals surface area (Å²) < 4.78 is 5.11. The summed E-state index contributed by atoms with van der Waals surface area (Å²) in [6.07, 6.45) is -0.626. The van der Waals surface area contributed by atoms with Crippen molar-refractivity contribution in [2.24, 2.45) is 0 Å². The second-order valence-electron chi connectivity index (χ2n) is 6.61. The first-order valence-electron chi connectivity index (χ1n) is 9.46. The van der Waals surface area contributed by atoms with Crippen LogP contribution in [-0.4, -0.2) is 23.2 Å². The average Bonchev–Trinajstić information content (AvgIpc) is 2.78. The standard InChI is InChI=1S/C25H21NO4/c27-24(28)23(26-25(29)30-18-22-9-5-2-6-10-22)17-21-15-13-20(14-16-21)12-11-19-7-3-1-4-8-19/h1-10,13-16,23H,17-18H2,(H,26,29)(H,27,28). The Bertz CT molecular complexity index is 1040. The quantitative estimate of drug-likeness (QED) is 0.614. The second kappa shape index (κ2) is 10.5. The summed E-state index contributed by atoms with van der Waals surface area (Å²) in [4.78, 5) is 23.5. The van der Waals surface area contributed by atoms with E-state index in [1.165, 1.54) is 0 Å². The molecule has 0 aromatic heterocycles. The van der Waals surface area contributed by atoms with E-state index in [-0.39, 0.29) is 13.0 Å². The van der Waals surface area contributed by atoms with E-state index in [1.54, 1.807) is 0 Å². The van der Waals surface area contributed by atoms with Crippen molar-refractivity contribution in [3.63, 3.8) is 0 Å². The van der Waals surface area contributed by atoms with Crippen LogP contribution in [0.3, 0.4) is 0 Å². The molecule has 1 amide bonds. The lowest BCUT2D eigenvalue weighted by Gasteiger charge is -2.15. The van der Waals surface area contributed by atoms with Crippen molar-refractivity contribution in [2.45, 2.75) is 19.1 Å². The summed E-state index contributed by atoms with van der Waals surface area (Å²) in [5.74, 6) is 5.02. The first-order valence-corrected chi connectivity index (χ1v) is 9.46. The number of carboxylic acids is 1. The summed E-state index contributed by atoms with van der Waals surface area (Å²) in [5, 5.41) is 11.8. The average molecular weight is 399 g/mol. The topological polar surface area (TPSA) is 75.6 Å². The van der Waals surface area contributed by atoms with E-state index < -0.39 is 18.1 Å². The van der Waals surface area contributed by atoms with Gasteiger partial charge < -0.3 is 15.2 Å². The zero-order chi connectivity index (χ0) is 21.2. The molecule has 150 valence electrons. The van der Waals surface area contributed by atoms with E-state index >= 15 is 0 Å². The van der Waals surface area contributed by atoms with Crippen LogP contribution in [0, 0.1) is 11.8 Å². The molecular weight excluding hydrogens is 378 g/mol. The third-order valence-electron chi connectivity index (χ3n) is 4.32. The number of rotatable bonds is 6. The van der Waals surface area contributed by atoms with Crippen LogP contribution in [0.5, 0.6) is 0 Å². The third kappa shape index (κ3) is 6.54. The first-order chi connectivity index (χ1) is 14.6. The molecule has 1 unspecified atom stereocenters. The van der Waals surface area contributed by atoms with Crippen molar-refractivity contribution < 1.29 is 19.4 Å². The predicted molar refractivity (Wildman–Crippen MR) is 114 cm³/mol. The molecule has 0 aliphatic rings. The number of carbonyl (C=O) groups excluding carboxylic acids is 1. The number of nitrogens with one attached hydrogen (secondary N) is 1. The van der Waals surface area contributed by atoms with Gasteiger partial charge in [0, 0.05) is 17.5 Å². The lowest BCUT2D eigenvalue weighted by molar-refractivity contribution is -0.139. The maximum Gasteiger partial charge on any atom is 0.408 e. The molecule has 0 fully saturated rings. The van der Waals surface area contributed by atoms with Crippen LogP contribution in [0.4, 0.5) is 4.79 Å². The number of carbonyl (C=O) groups is 2. The fourth-order valence-electron chi connectivity index (χ4n) is 2.73. The number of ether oxygens (including phenoxy) is 1. The second-order valence-corrected chi connectivity index (χ2v) is 6.61. The van der Waals surface area contributed by atoms with E-state index in [0.717, 1.165) is 22.3 Å². The van der Waals surface area contributed by atoms with E-state index in [4.69, 9.17) is 4.74 Å². The largest absolute Gasteiger partial charge is 0.480 e. The SMILES string of the molecule is O=C(NC(Cc1ccc(C#Cc2ccccc2)cc1)C(=O)O)OCc1ccccc1. The molecule has 2 N–H and O–H groups in total. The number of amides is 1. The summed E-state index contributed by atoms with van der Waals surface area (Å²) in [5.41, 5.74) is 3.35. The molecule has 1 atom stereocenters. The van der Waals surface area contributed by atoms with Gasteiger partial charge in [0.1, 0.15) is 12.6 Å². The van der Waals surface area contributed by atoms with Gasteiger partial charge in [-0.15, -0.1) is 0 Å². The van der Waals surface area contributed by atoms with Gasteiger partial charge >= 0.3 is 12.1 Å². The van der Waals surface area contributed by atoms with Gasteiger partial charge in [0.15, 0.2) is 0 Å². The highest BCUT2D eigenvalue weighted by molar-refractivity contribution is 5.80. The lowest BCUT2D eigenvalue weighted by Crippen LogP contribution is -2.42. The van der Waals surface area contributed by atoms with E-state index in [9.17, 15) is 14.7 Å². The molecule has 0 saturated heterocycles. The van der Waals surface area contributed by atoms with Gasteiger partial charge in [0.2, 0.25) is 0 Å². The Hall–Kier alpha value is -4.04. The van der Waals surface area contributed by atoms with Crippen LogP contribution in [-0.2, 0) is 22.6 Å². The Morgan fingerprint density at radius 1 is 0.800 bits per heavy atom. The minimum absolute atomic E-state index is 0.0772. The zero-order valence-electron chi connectivity index (χ0n) is 16.2. The Labute approximate surface area is 175 Å². The van der Waals surface area contributed by atoms with Crippen molar-refractivity contribution in [2.75, 3.05) is 0 Å². The highest BCUT2D eigenvalue weighted by atomic mass is 16.5. The fraction of sp³-hybridized carbons (Fsp3) is 0.120.